The lowest BCUT2D eigenvalue weighted by molar-refractivity contribution is -0.132. The van der Waals surface area contributed by atoms with Gasteiger partial charge in [0.1, 0.15) is 0 Å². The number of carbonyl (C=O) groups is 1. The van der Waals surface area contributed by atoms with Crippen molar-refractivity contribution in [2.45, 2.75) is 0 Å². The molecule has 0 atom stereocenters. The van der Waals surface area contributed by atoms with Gasteiger partial charge < -0.3 is 14.7 Å². The monoisotopic (exact) mass is 223 g/mol. The van der Waals surface area contributed by atoms with Crippen LogP contribution in [0.5, 0.6) is 0 Å². The van der Waals surface area contributed by atoms with Gasteiger partial charge in [-0.2, -0.15) is 0 Å². The van der Waals surface area contributed by atoms with Crippen molar-refractivity contribution in [2.75, 3.05) is 52.9 Å². The molecule has 90 valence electrons. The van der Waals surface area contributed by atoms with Crippen LogP contribution in [-0.2, 0) is 4.79 Å². The Morgan fingerprint density at radius 2 is 1.94 bits per heavy atom. The van der Waals surface area contributed by atoms with E-state index in [-0.39, 0.29) is 5.91 Å². The number of likely N-dealkylation sites (tertiary alicyclic amines) is 1. The third kappa shape index (κ3) is 2.62. The quantitative estimate of drug-likeness (QED) is 0.624. The predicted octanol–water partition coefficient (Wildman–Crippen LogP) is -0.122. The van der Waals surface area contributed by atoms with Gasteiger partial charge >= 0.3 is 0 Å². The Balaban J connectivity index is 1.66. The van der Waals surface area contributed by atoms with Gasteiger partial charge in [0.25, 0.3) is 0 Å². The zero-order chi connectivity index (χ0) is 11.5. The molecule has 0 radical (unpaired) electrons. The molecule has 1 amide bonds. The highest BCUT2D eigenvalue weighted by Crippen LogP contribution is 2.17. The van der Waals surface area contributed by atoms with Crippen LogP contribution >= 0.6 is 0 Å². The zero-order valence-electron chi connectivity index (χ0n) is 10.1. The third-order valence-electron chi connectivity index (χ3n) is 3.56. The molecule has 0 aromatic rings. The van der Waals surface area contributed by atoms with Crippen LogP contribution in [-0.4, -0.2) is 73.5 Å². The van der Waals surface area contributed by atoms with Crippen molar-refractivity contribution in [1.82, 2.24) is 14.7 Å². The van der Waals surface area contributed by atoms with Gasteiger partial charge in [-0.05, 0) is 13.1 Å². The maximum Gasteiger partial charge on any atom is 0.245 e. The molecule has 0 aliphatic carbocycles. The molecule has 4 heteroatoms. The minimum absolute atomic E-state index is 0.0784. The first-order valence-electron chi connectivity index (χ1n) is 6.01. The summed E-state index contributed by atoms with van der Waals surface area (Å²) in [6.45, 7) is 11.2. The first-order chi connectivity index (χ1) is 7.69. The van der Waals surface area contributed by atoms with E-state index in [1.54, 1.807) is 0 Å². The average Bonchev–Trinajstić information content (AvgIpc) is 2.24. The molecule has 2 aliphatic rings. The maximum absolute atomic E-state index is 11.3. The van der Waals surface area contributed by atoms with Crippen molar-refractivity contribution < 1.29 is 4.79 Å². The second kappa shape index (κ2) is 4.97. The van der Waals surface area contributed by atoms with E-state index in [0.29, 0.717) is 5.92 Å². The molecule has 4 nitrogen and oxygen atoms in total. The summed E-state index contributed by atoms with van der Waals surface area (Å²) in [5.41, 5.74) is 0. The summed E-state index contributed by atoms with van der Waals surface area (Å²) in [5.74, 6) is 0.752. The van der Waals surface area contributed by atoms with Crippen LogP contribution in [0.25, 0.3) is 0 Å². The van der Waals surface area contributed by atoms with Crippen LogP contribution in [0.3, 0.4) is 0 Å². The summed E-state index contributed by atoms with van der Waals surface area (Å²) >= 11 is 0. The van der Waals surface area contributed by atoms with Crippen molar-refractivity contribution in [1.29, 1.82) is 0 Å². The van der Waals surface area contributed by atoms with Crippen molar-refractivity contribution in [2.24, 2.45) is 5.92 Å². The second-order valence-electron chi connectivity index (χ2n) is 4.92. The molecule has 16 heavy (non-hydrogen) atoms. The Morgan fingerprint density at radius 1 is 1.31 bits per heavy atom. The molecule has 2 aliphatic heterocycles. The normalized spacial score (nSPS) is 24.2. The molecule has 0 bridgehead atoms. The minimum Gasteiger partial charge on any atom is -0.338 e. The summed E-state index contributed by atoms with van der Waals surface area (Å²) in [6.07, 6.45) is 1.41. The van der Waals surface area contributed by atoms with Crippen LogP contribution in [0.1, 0.15) is 0 Å². The van der Waals surface area contributed by atoms with Crippen LogP contribution in [0.15, 0.2) is 12.7 Å². The predicted molar refractivity (Wildman–Crippen MR) is 64.2 cm³/mol. The average molecular weight is 223 g/mol. The van der Waals surface area contributed by atoms with E-state index in [2.05, 4.69) is 23.4 Å². The first-order valence-corrected chi connectivity index (χ1v) is 6.01. The fourth-order valence-electron chi connectivity index (χ4n) is 2.39. The van der Waals surface area contributed by atoms with Crippen molar-refractivity contribution in [3.63, 3.8) is 0 Å². The van der Waals surface area contributed by atoms with Crippen LogP contribution < -0.4 is 0 Å². The fraction of sp³-hybridized carbons (Fsp3) is 0.750. The van der Waals surface area contributed by atoms with Gasteiger partial charge in [-0.25, -0.2) is 0 Å². The Kier molecular flexibility index (Phi) is 3.61. The van der Waals surface area contributed by atoms with Crippen LogP contribution in [0.2, 0.25) is 0 Å². The SMILES string of the molecule is C=CC(=O)N1CC(CN2CCN(C)CC2)C1. The summed E-state index contributed by atoms with van der Waals surface area (Å²) in [5, 5.41) is 0. The lowest BCUT2D eigenvalue weighted by Crippen LogP contribution is -2.55. The summed E-state index contributed by atoms with van der Waals surface area (Å²) in [6, 6.07) is 0. The molecule has 2 rings (SSSR count). The number of likely N-dealkylation sites (N-methyl/N-ethyl adjacent to an activating group) is 1. The molecule has 2 heterocycles. The highest BCUT2D eigenvalue weighted by Gasteiger charge is 2.30. The molecule has 0 N–H and O–H groups in total. The number of hydrogen-bond acceptors (Lipinski definition) is 3. The first kappa shape index (κ1) is 11.6. The van der Waals surface area contributed by atoms with Gasteiger partial charge in [0.2, 0.25) is 5.91 Å². The molecule has 0 spiro atoms. The highest BCUT2D eigenvalue weighted by atomic mass is 16.2. The summed E-state index contributed by atoms with van der Waals surface area (Å²) < 4.78 is 0. The molecule has 0 saturated carbocycles. The number of rotatable bonds is 3. The van der Waals surface area contributed by atoms with E-state index < -0.39 is 0 Å². The number of amides is 1. The zero-order valence-corrected chi connectivity index (χ0v) is 10.1. The molecule has 2 fully saturated rings. The van der Waals surface area contributed by atoms with Gasteiger partial charge in [0.05, 0.1) is 0 Å². The van der Waals surface area contributed by atoms with E-state index in [9.17, 15) is 4.79 Å². The Bertz CT molecular complexity index is 265. The summed E-state index contributed by atoms with van der Waals surface area (Å²) in [4.78, 5) is 18.0. The van der Waals surface area contributed by atoms with Crippen molar-refractivity contribution in [3.05, 3.63) is 12.7 Å². The lowest BCUT2D eigenvalue weighted by atomic mass is 9.99. The maximum atomic E-state index is 11.3. The molecule has 0 aromatic heterocycles. The van der Waals surface area contributed by atoms with Gasteiger partial charge in [-0.3, -0.25) is 4.79 Å². The molecule has 2 saturated heterocycles. The fourth-order valence-corrected chi connectivity index (χ4v) is 2.39. The Morgan fingerprint density at radius 3 is 2.50 bits per heavy atom. The van der Waals surface area contributed by atoms with E-state index in [0.717, 1.165) is 19.6 Å². The van der Waals surface area contributed by atoms with Crippen molar-refractivity contribution >= 4 is 5.91 Å². The Hall–Kier alpha value is -0.870. The number of piperazine rings is 1. The number of carbonyl (C=O) groups excluding carboxylic acids is 1. The second-order valence-corrected chi connectivity index (χ2v) is 4.92. The van der Waals surface area contributed by atoms with E-state index in [1.807, 2.05) is 4.90 Å². The van der Waals surface area contributed by atoms with Crippen molar-refractivity contribution in [3.8, 4) is 0 Å². The van der Waals surface area contributed by atoms with E-state index in [1.165, 1.54) is 32.3 Å². The van der Waals surface area contributed by atoms with Crippen LogP contribution in [0.4, 0.5) is 0 Å². The van der Waals surface area contributed by atoms with Gasteiger partial charge in [0.15, 0.2) is 0 Å². The highest BCUT2D eigenvalue weighted by molar-refractivity contribution is 5.87. The van der Waals surface area contributed by atoms with E-state index in [4.69, 9.17) is 0 Å². The lowest BCUT2D eigenvalue weighted by Gasteiger charge is -2.42. The third-order valence-corrected chi connectivity index (χ3v) is 3.56. The molecule has 0 aromatic carbocycles. The topological polar surface area (TPSA) is 26.8 Å². The molecular formula is C12H21N3O. The number of hydrogen-bond donors (Lipinski definition) is 0. The smallest absolute Gasteiger partial charge is 0.245 e. The van der Waals surface area contributed by atoms with E-state index >= 15 is 0 Å². The minimum atomic E-state index is 0.0784. The van der Waals surface area contributed by atoms with Gasteiger partial charge in [-0.15, -0.1) is 0 Å². The molecular weight excluding hydrogens is 202 g/mol. The van der Waals surface area contributed by atoms with Crippen LogP contribution in [0, 0.1) is 5.92 Å². The Labute approximate surface area is 97.5 Å². The van der Waals surface area contributed by atoms with Gasteiger partial charge in [0, 0.05) is 51.7 Å². The standard InChI is InChI=1S/C12H21N3O/c1-3-12(16)15-9-11(10-15)8-14-6-4-13(2)5-7-14/h3,11H,1,4-10H2,2H3. The van der Waals surface area contributed by atoms with Gasteiger partial charge in [-0.1, -0.05) is 6.58 Å². The number of nitrogens with zero attached hydrogens (tertiary/aromatic N) is 3. The largest absolute Gasteiger partial charge is 0.338 e. The summed E-state index contributed by atoms with van der Waals surface area (Å²) in [7, 11) is 2.17. The molecule has 0 unspecified atom stereocenters.